The molecule has 0 spiro atoms. The zero-order valence-corrected chi connectivity index (χ0v) is 13.4. The lowest BCUT2D eigenvalue weighted by Gasteiger charge is -2.38. The van der Waals surface area contributed by atoms with Gasteiger partial charge in [-0.15, -0.1) is 0 Å². The van der Waals surface area contributed by atoms with Gasteiger partial charge in [0, 0.05) is 12.6 Å². The molecule has 1 aliphatic heterocycles. The van der Waals surface area contributed by atoms with Gasteiger partial charge >= 0.3 is 0 Å². The van der Waals surface area contributed by atoms with Crippen molar-refractivity contribution in [3.8, 4) is 11.5 Å². The fraction of sp³-hybridized carbons (Fsp3) is 0.667. The molecule has 1 heterocycles. The monoisotopic (exact) mass is 289 g/mol. The van der Waals surface area contributed by atoms with Crippen LogP contribution < -0.4 is 14.8 Å². The number of ether oxygens (including phenoxy) is 2. The Hall–Kier alpha value is -1.22. The van der Waals surface area contributed by atoms with Crippen molar-refractivity contribution in [3.63, 3.8) is 0 Å². The first-order chi connectivity index (χ1) is 10.1. The molecule has 1 aromatic carbocycles. The van der Waals surface area contributed by atoms with E-state index in [0.717, 1.165) is 35.8 Å². The summed E-state index contributed by atoms with van der Waals surface area (Å²) in [5.41, 5.74) is 1.28. The molecule has 3 unspecified atom stereocenters. The Morgan fingerprint density at radius 1 is 1.19 bits per heavy atom. The number of rotatable bonds is 4. The Balaban J connectivity index is 1.62. The molecule has 21 heavy (non-hydrogen) atoms. The van der Waals surface area contributed by atoms with Gasteiger partial charge in [0.05, 0.1) is 0 Å². The fourth-order valence-corrected chi connectivity index (χ4v) is 3.74. The number of fused-ring (bicyclic) bond motifs is 1. The average molecular weight is 289 g/mol. The first-order valence-electron chi connectivity index (χ1n) is 8.25. The van der Waals surface area contributed by atoms with Crippen molar-refractivity contribution in [2.75, 3.05) is 6.79 Å². The van der Waals surface area contributed by atoms with E-state index in [1.165, 1.54) is 24.8 Å². The smallest absolute Gasteiger partial charge is 0.231 e. The van der Waals surface area contributed by atoms with Crippen LogP contribution in [0.1, 0.15) is 45.6 Å². The maximum atomic E-state index is 5.46. The molecule has 0 radical (unpaired) electrons. The summed E-state index contributed by atoms with van der Waals surface area (Å²) in [4.78, 5) is 0. The van der Waals surface area contributed by atoms with Crippen LogP contribution in [0.15, 0.2) is 18.2 Å². The summed E-state index contributed by atoms with van der Waals surface area (Å²) in [5.74, 6) is 4.15. The molecule has 3 nitrogen and oxygen atoms in total. The second kappa shape index (κ2) is 6.27. The van der Waals surface area contributed by atoms with E-state index in [1.807, 2.05) is 6.07 Å². The summed E-state index contributed by atoms with van der Waals surface area (Å²) >= 11 is 0. The van der Waals surface area contributed by atoms with E-state index < -0.39 is 0 Å². The second-order valence-electron chi connectivity index (χ2n) is 7.00. The van der Waals surface area contributed by atoms with Gasteiger partial charge in [-0.05, 0) is 48.3 Å². The van der Waals surface area contributed by atoms with Crippen LogP contribution >= 0.6 is 0 Å². The zero-order valence-electron chi connectivity index (χ0n) is 13.4. The van der Waals surface area contributed by atoms with E-state index >= 15 is 0 Å². The minimum atomic E-state index is 0.349. The van der Waals surface area contributed by atoms with Crippen molar-refractivity contribution >= 4 is 0 Å². The predicted molar refractivity (Wildman–Crippen MR) is 84.5 cm³/mol. The van der Waals surface area contributed by atoms with E-state index in [2.05, 4.69) is 38.2 Å². The molecule has 116 valence electrons. The van der Waals surface area contributed by atoms with Crippen LogP contribution in [0.4, 0.5) is 0 Å². The first kappa shape index (κ1) is 14.7. The summed E-state index contributed by atoms with van der Waals surface area (Å²) < 4.78 is 10.8. The Morgan fingerprint density at radius 3 is 2.81 bits per heavy atom. The van der Waals surface area contributed by atoms with Crippen LogP contribution in [0.5, 0.6) is 11.5 Å². The topological polar surface area (TPSA) is 30.5 Å². The Kier molecular flexibility index (Phi) is 4.39. The molecule has 0 saturated heterocycles. The highest BCUT2D eigenvalue weighted by Gasteiger charge is 2.30. The molecule has 1 aromatic rings. The molecular formula is C18H27NO2. The van der Waals surface area contributed by atoms with Crippen molar-refractivity contribution in [2.24, 2.45) is 17.8 Å². The fourth-order valence-electron chi connectivity index (χ4n) is 3.74. The molecule has 0 bridgehead atoms. The van der Waals surface area contributed by atoms with Gasteiger partial charge in [0.25, 0.3) is 0 Å². The molecule has 2 aliphatic rings. The third kappa shape index (κ3) is 3.34. The van der Waals surface area contributed by atoms with Gasteiger partial charge in [-0.3, -0.25) is 0 Å². The number of nitrogens with one attached hydrogen (secondary N) is 1. The minimum Gasteiger partial charge on any atom is -0.454 e. The zero-order chi connectivity index (χ0) is 14.8. The largest absolute Gasteiger partial charge is 0.454 e. The van der Waals surface area contributed by atoms with Crippen LogP contribution in [0, 0.1) is 17.8 Å². The molecule has 3 heteroatoms. The molecule has 3 atom stereocenters. The number of hydrogen-bond donors (Lipinski definition) is 1. The lowest BCUT2D eigenvalue weighted by Crippen LogP contribution is -2.42. The van der Waals surface area contributed by atoms with Crippen LogP contribution in [0.2, 0.25) is 0 Å². The van der Waals surface area contributed by atoms with Gasteiger partial charge in [-0.2, -0.15) is 0 Å². The van der Waals surface area contributed by atoms with E-state index in [4.69, 9.17) is 9.47 Å². The van der Waals surface area contributed by atoms with Gasteiger partial charge in [-0.1, -0.05) is 33.3 Å². The highest BCUT2D eigenvalue weighted by atomic mass is 16.7. The van der Waals surface area contributed by atoms with Crippen molar-refractivity contribution in [2.45, 2.75) is 52.6 Å². The predicted octanol–water partition coefficient (Wildman–Crippen LogP) is 3.97. The molecule has 1 aliphatic carbocycles. The second-order valence-corrected chi connectivity index (χ2v) is 7.00. The van der Waals surface area contributed by atoms with Crippen LogP contribution in [0.25, 0.3) is 0 Å². The number of benzene rings is 1. The lowest BCUT2D eigenvalue weighted by atomic mass is 9.74. The summed E-state index contributed by atoms with van der Waals surface area (Å²) in [6.45, 7) is 8.36. The Labute approximate surface area is 128 Å². The molecular weight excluding hydrogens is 262 g/mol. The summed E-state index contributed by atoms with van der Waals surface area (Å²) in [6.07, 6.45) is 4.04. The van der Waals surface area contributed by atoms with E-state index in [-0.39, 0.29) is 0 Å². The molecule has 3 rings (SSSR count). The van der Waals surface area contributed by atoms with E-state index in [1.54, 1.807) is 0 Å². The summed E-state index contributed by atoms with van der Waals surface area (Å²) in [7, 11) is 0. The first-order valence-corrected chi connectivity index (χ1v) is 8.25. The van der Waals surface area contributed by atoms with Crippen LogP contribution in [-0.4, -0.2) is 12.8 Å². The van der Waals surface area contributed by atoms with Gasteiger partial charge < -0.3 is 14.8 Å². The third-order valence-electron chi connectivity index (χ3n) is 5.03. The molecule has 1 saturated carbocycles. The van der Waals surface area contributed by atoms with Gasteiger partial charge in [0.1, 0.15) is 0 Å². The number of hydrogen-bond acceptors (Lipinski definition) is 3. The van der Waals surface area contributed by atoms with Crippen molar-refractivity contribution in [1.29, 1.82) is 0 Å². The molecule has 0 aromatic heterocycles. The highest BCUT2D eigenvalue weighted by Crippen LogP contribution is 2.35. The van der Waals surface area contributed by atoms with Gasteiger partial charge in [-0.25, -0.2) is 0 Å². The van der Waals surface area contributed by atoms with Crippen LogP contribution in [-0.2, 0) is 6.54 Å². The van der Waals surface area contributed by atoms with Crippen LogP contribution in [0.3, 0.4) is 0 Å². The SMILES string of the molecule is CC1CCC(C(C)C)C(NCc2ccc3c(c2)OCO3)C1. The maximum absolute atomic E-state index is 5.46. The lowest BCUT2D eigenvalue weighted by molar-refractivity contribution is 0.169. The van der Waals surface area contributed by atoms with Crippen molar-refractivity contribution < 1.29 is 9.47 Å². The Bertz CT molecular complexity index is 486. The minimum absolute atomic E-state index is 0.349. The van der Waals surface area contributed by atoms with Crippen molar-refractivity contribution in [3.05, 3.63) is 23.8 Å². The van der Waals surface area contributed by atoms with E-state index in [0.29, 0.717) is 12.8 Å². The summed E-state index contributed by atoms with van der Waals surface area (Å²) in [5, 5.41) is 3.79. The molecule has 1 fully saturated rings. The standard InChI is InChI=1S/C18H27NO2/c1-12(2)15-6-4-13(3)8-16(15)19-10-14-5-7-17-18(9-14)21-11-20-17/h5,7,9,12-13,15-16,19H,4,6,8,10-11H2,1-3H3. The Morgan fingerprint density at radius 2 is 2.00 bits per heavy atom. The van der Waals surface area contributed by atoms with Gasteiger partial charge in [0.2, 0.25) is 6.79 Å². The highest BCUT2D eigenvalue weighted by molar-refractivity contribution is 5.44. The molecule has 0 amide bonds. The van der Waals surface area contributed by atoms with Gasteiger partial charge in [0.15, 0.2) is 11.5 Å². The summed E-state index contributed by atoms with van der Waals surface area (Å²) in [6, 6.07) is 6.89. The van der Waals surface area contributed by atoms with Crippen molar-refractivity contribution in [1.82, 2.24) is 5.32 Å². The third-order valence-corrected chi connectivity index (χ3v) is 5.03. The quantitative estimate of drug-likeness (QED) is 0.910. The average Bonchev–Trinajstić information content (AvgIpc) is 2.92. The maximum Gasteiger partial charge on any atom is 0.231 e. The normalized spacial score (nSPS) is 28.1. The molecule has 1 N–H and O–H groups in total. The van der Waals surface area contributed by atoms with E-state index in [9.17, 15) is 0 Å².